The number of carbonyl (C=O) groups is 1. The van der Waals surface area contributed by atoms with Crippen molar-refractivity contribution in [1.82, 2.24) is 4.90 Å². The first-order chi connectivity index (χ1) is 8.11. The van der Waals surface area contributed by atoms with Gasteiger partial charge in [-0.05, 0) is 40.5 Å². The summed E-state index contributed by atoms with van der Waals surface area (Å²) in [6, 6.07) is 5.23. The number of amides is 1. The molecule has 1 N–H and O–H groups in total. The topological polar surface area (TPSA) is 49.8 Å². The second-order valence-electron chi connectivity index (χ2n) is 4.04. The summed E-state index contributed by atoms with van der Waals surface area (Å²) in [5, 5.41) is 9.41. The molecule has 4 nitrogen and oxygen atoms in total. The molecule has 1 aromatic carbocycles. The van der Waals surface area contributed by atoms with Gasteiger partial charge >= 0.3 is 0 Å². The van der Waals surface area contributed by atoms with Crippen molar-refractivity contribution in [1.29, 1.82) is 0 Å². The maximum absolute atomic E-state index is 12.1. The highest BCUT2D eigenvalue weighted by Gasteiger charge is 2.25. The third-order valence-corrected chi connectivity index (χ3v) is 3.47. The van der Waals surface area contributed by atoms with Crippen LogP contribution >= 0.6 is 15.9 Å². The number of aliphatic hydroxyl groups is 1. The van der Waals surface area contributed by atoms with Crippen molar-refractivity contribution in [2.75, 3.05) is 20.2 Å². The lowest BCUT2D eigenvalue weighted by molar-refractivity contribution is 0.0765. The fraction of sp³-hybridized carbons (Fsp3) is 0.417. The minimum absolute atomic E-state index is 0.0510. The van der Waals surface area contributed by atoms with Crippen molar-refractivity contribution in [2.24, 2.45) is 0 Å². The zero-order valence-electron chi connectivity index (χ0n) is 9.52. The number of carbonyl (C=O) groups excluding carboxylic acids is 1. The van der Waals surface area contributed by atoms with E-state index in [2.05, 4.69) is 15.9 Å². The number of aliphatic hydroxyl groups excluding tert-OH is 1. The molecule has 1 fully saturated rings. The van der Waals surface area contributed by atoms with E-state index in [1.807, 2.05) is 0 Å². The normalized spacial score (nSPS) is 19.5. The summed E-state index contributed by atoms with van der Waals surface area (Å²) >= 11 is 3.35. The Balaban J connectivity index is 2.17. The smallest absolute Gasteiger partial charge is 0.253 e. The van der Waals surface area contributed by atoms with Gasteiger partial charge in [0, 0.05) is 18.7 Å². The van der Waals surface area contributed by atoms with E-state index in [1.165, 1.54) is 0 Å². The lowest BCUT2D eigenvalue weighted by atomic mass is 10.2. The molecule has 1 aliphatic heterocycles. The van der Waals surface area contributed by atoms with Crippen molar-refractivity contribution in [3.63, 3.8) is 0 Å². The molecule has 0 spiro atoms. The van der Waals surface area contributed by atoms with Crippen LogP contribution in [-0.4, -0.2) is 42.2 Å². The Morgan fingerprint density at radius 3 is 2.88 bits per heavy atom. The molecule has 1 aliphatic rings. The Kier molecular flexibility index (Phi) is 3.69. The minimum Gasteiger partial charge on any atom is -0.496 e. The lowest BCUT2D eigenvalue weighted by Gasteiger charge is -2.16. The fourth-order valence-corrected chi connectivity index (χ4v) is 2.45. The highest BCUT2D eigenvalue weighted by atomic mass is 79.9. The van der Waals surface area contributed by atoms with Crippen molar-refractivity contribution in [3.8, 4) is 5.75 Å². The molecule has 2 rings (SSSR count). The fourth-order valence-electron chi connectivity index (χ4n) is 1.91. The van der Waals surface area contributed by atoms with Crippen LogP contribution in [0.3, 0.4) is 0 Å². The van der Waals surface area contributed by atoms with Crippen molar-refractivity contribution in [3.05, 3.63) is 28.2 Å². The van der Waals surface area contributed by atoms with Crippen molar-refractivity contribution >= 4 is 21.8 Å². The molecule has 1 amide bonds. The Labute approximate surface area is 108 Å². The van der Waals surface area contributed by atoms with E-state index >= 15 is 0 Å². The summed E-state index contributed by atoms with van der Waals surface area (Å²) in [7, 11) is 1.58. The number of hydrogen-bond acceptors (Lipinski definition) is 3. The van der Waals surface area contributed by atoms with Crippen LogP contribution in [-0.2, 0) is 0 Å². The standard InChI is InChI=1S/C12H14BrNO3/c1-17-11-3-2-8(6-10(11)13)12(16)14-5-4-9(15)7-14/h2-3,6,9,15H,4-5,7H2,1H3. The first kappa shape index (κ1) is 12.4. The molecule has 1 aromatic rings. The SMILES string of the molecule is COc1ccc(C(=O)N2CCC(O)C2)cc1Br. The molecule has 1 heterocycles. The first-order valence-electron chi connectivity index (χ1n) is 5.42. The molecule has 0 radical (unpaired) electrons. The molecule has 92 valence electrons. The van der Waals surface area contributed by atoms with Gasteiger partial charge in [0.1, 0.15) is 5.75 Å². The maximum atomic E-state index is 12.1. The van der Waals surface area contributed by atoms with E-state index in [4.69, 9.17) is 4.74 Å². The summed E-state index contributed by atoms with van der Waals surface area (Å²) in [4.78, 5) is 13.8. The Morgan fingerprint density at radius 2 is 2.35 bits per heavy atom. The number of halogens is 1. The predicted molar refractivity (Wildman–Crippen MR) is 67.2 cm³/mol. The Hall–Kier alpha value is -1.07. The van der Waals surface area contributed by atoms with Crippen LogP contribution in [0.15, 0.2) is 22.7 Å². The van der Waals surface area contributed by atoms with Gasteiger partial charge in [-0.1, -0.05) is 0 Å². The summed E-state index contributed by atoms with van der Waals surface area (Å²) in [6.07, 6.45) is 0.268. The van der Waals surface area contributed by atoms with E-state index in [-0.39, 0.29) is 12.0 Å². The van der Waals surface area contributed by atoms with Gasteiger partial charge in [0.05, 0.1) is 17.7 Å². The predicted octanol–water partition coefficient (Wildman–Crippen LogP) is 1.66. The van der Waals surface area contributed by atoms with Crippen molar-refractivity contribution in [2.45, 2.75) is 12.5 Å². The van der Waals surface area contributed by atoms with Gasteiger partial charge in [0.2, 0.25) is 0 Å². The summed E-state index contributed by atoms with van der Waals surface area (Å²) < 4.78 is 5.87. The van der Waals surface area contributed by atoms with Gasteiger partial charge in [-0.15, -0.1) is 0 Å². The average molecular weight is 300 g/mol. The van der Waals surface area contributed by atoms with Crippen LogP contribution < -0.4 is 4.74 Å². The van der Waals surface area contributed by atoms with Crippen LogP contribution in [0.2, 0.25) is 0 Å². The van der Waals surface area contributed by atoms with Gasteiger partial charge < -0.3 is 14.7 Å². The molecule has 1 atom stereocenters. The minimum atomic E-state index is -0.388. The Morgan fingerprint density at radius 1 is 1.59 bits per heavy atom. The van der Waals surface area contributed by atoms with E-state index in [9.17, 15) is 9.90 Å². The molecule has 0 saturated carbocycles. The van der Waals surface area contributed by atoms with Crippen molar-refractivity contribution < 1.29 is 14.6 Å². The number of β-amino-alcohol motifs (C(OH)–C–C–N with tert-alkyl or cyclic N) is 1. The highest BCUT2D eigenvalue weighted by molar-refractivity contribution is 9.10. The zero-order chi connectivity index (χ0) is 12.4. The van der Waals surface area contributed by atoms with Crippen LogP contribution in [0.5, 0.6) is 5.75 Å². The summed E-state index contributed by atoms with van der Waals surface area (Å²) in [5.74, 6) is 0.646. The highest BCUT2D eigenvalue weighted by Crippen LogP contribution is 2.26. The molecular weight excluding hydrogens is 286 g/mol. The van der Waals surface area contributed by atoms with Gasteiger partial charge in [-0.2, -0.15) is 0 Å². The molecule has 0 aliphatic carbocycles. The van der Waals surface area contributed by atoms with Gasteiger partial charge in [-0.25, -0.2) is 0 Å². The average Bonchev–Trinajstić information content (AvgIpc) is 2.75. The Bertz CT molecular complexity index is 436. The quantitative estimate of drug-likeness (QED) is 0.904. The van der Waals surface area contributed by atoms with E-state index in [0.717, 1.165) is 4.47 Å². The van der Waals surface area contributed by atoms with E-state index in [1.54, 1.807) is 30.2 Å². The van der Waals surface area contributed by atoms with Crippen LogP contribution in [0, 0.1) is 0 Å². The van der Waals surface area contributed by atoms with Crippen LogP contribution in [0.1, 0.15) is 16.8 Å². The van der Waals surface area contributed by atoms with Gasteiger partial charge in [0.15, 0.2) is 0 Å². The number of rotatable bonds is 2. The lowest BCUT2D eigenvalue weighted by Crippen LogP contribution is -2.29. The number of hydrogen-bond donors (Lipinski definition) is 1. The second kappa shape index (κ2) is 5.06. The van der Waals surface area contributed by atoms with Crippen LogP contribution in [0.4, 0.5) is 0 Å². The summed E-state index contributed by atoms with van der Waals surface area (Å²) in [6.45, 7) is 1.03. The molecule has 0 aromatic heterocycles. The number of benzene rings is 1. The molecular formula is C12H14BrNO3. The number of nitrogens with zero attached hydrogens (tertiary/aromatic N) is 1. The second-order valence-corrected chi connectivity index (χ2v) is 4.90. The first-order valence-corrected chi connectivity index (χ1v) is 6.22. The van der Waals surface area contributed by atoms with Gasteiger partial charge in [-0.3, -0.25) is 4.79 Å². The number of ether oxygens (including phenoxy) is 1. The van der Waals surface area contributed by atoms with E-state index in [0.29, 0.717) is 30.8 Å². The molecule has 1 saturated heterocycles. The third kappa shape index (κ3) is 2.61. The third-order valence-electron chi connectivity index (χ3n) is 2.85. The molecule has 5 heteroatoms. The maximum Gasteiger partial charge on any atom is 0.253 e. The number of likely N-dealkylation sites (tertiary alicyclic amines) is 1. The van der Waals surface area contributed by atoms with E-state index < -0.39 is 0 Å². The van der Waals surface area contributed by atoms with Gasteiger partial charge in [0.25, 0.3) is 5.91 Å². The summed E-state index contributed by atoms with van der Waals surface area (Å²) in [5.41, 5.74) is 0.603. The largest absolute Gasteiger partial charge is 0.496 e. The number of methoxy groups -OCH3 is 1. The van der Waals surface area contributed by atoms with Crippen LogP contribution in [0.25, 0.3) is 0 Å². The zero-order valence-corrected chi connectivity index (χ0v) is 11.1. The monoisotopic (exact) mass is 299 g/mol. The molecule has 0 bridgehead atoms. The molecule has 17 heavy (non-hydrogen) atoms. The molecule has 1 unspecified atom stereocenters.